The lowest BCUT2D eigenvalue weighted by Crippen LogP contribution is -2.51. The van der Waals surface area contributed by atoms with Crippen molar-refractivity contribution in [1.82, 2.24) is 4.90 Å². The maximum Gasteiger partial charge on any atom is 0.410 e. The highest BCUT2D eigenvalue weighted by molar-refractivity contribution is 5.96. The van der Waals surface area contributed by atoms with E-state index >= 15 is 0 Å². The van der Waals surface area contributed by atoms with Crippen LogP contribution in [0.15, 0.2) is 0 Å². The van der Waals surface area contributed by atoms with Crippen LogP contribution in [-0.2, 0) is 4.74 Å². The second kappa shape index (κ2) is 2.77. The van der Waals surface area contributed by atoms with Crippen LogP contribution < -0.4 is 0 Å². The predicted octanol–water partition coefficient (Wildman–Crippen LogP) is 1.26. The van der Waals surface area contributed by atoms with E-state index in [1.54, 1.807) is 0 Å². The molecule has 68 valence electrons. The average molecular weight is 170 g/mol. The lowest BCUT2D eigenvalue weighted by Gasteiger charge is -2.33. The minimum atomic E-state index is -0.436. The third-order valence-electron chi connectivity index (χ3n) is 1.42. The van der Waals surface area contributed by atoms with E-state index < -0.39 is 5.60 Å². The SMILES string of the molecule is CC(C)(C)OC(=O)N1CC(=N)C1. The van der Waals surface area contributed by atoms with Crippen molar-refractivity contribution in [3.63, 3.8) is 0 Å². The van der Waals surface area contributed by atoms with Crippen molar-refractivity contribution in [2.24, 2.45) is 0 Å². The molecule has 0 saturated carbocycles. The first-order chi connectivity index (χ1) is 5.38. The first-order valence-corrected chi connectivity index (χ1v) is 3.93. The fourth-order valence-electron chi connectivity index (χ4n) is 0.870. The topological polar surface area (TPSA) is 53.4 Å². The summed E-state index contributed by atoms with van der Waals surface area (Å²) in [7, 11) is 0. The van der Waals surface area contributed by atoms with E-state index in [-0.39, 0.29) is 6.09 Å². The van der Waals surface area contributed by atoms with E-state index in [2.05, 4.69) is 0 Å². The quantitative estimate of drug-likeness (QED) is 0.595. The molecular formula is C8H14N2O2. The number of ether oxygens (including phenoxy) is 1. The van der Waals surface area contributed by atoms with Gasteiger partial charge in [-0.05, 0) is 20.8 Å². The van der Waals surface area contributed by atoms with Crippen LogP contribution >= 0.6 is 0 Å². The Labute approximate surface area is 72.0 Å². The molecule has 4 nitrogen and oxygen atoms in total. The van der Waals surface area contributed by atoms with E-state index in [1.165, 1.54) is 4.90 Å². The summed E-state index contributed by atoms with van der Waals surface area (Å²) in [5, 5.41) is 7.14. The molecule has 0 unspecified atom stereocenters. The van der Waals surface area contributed by atoms with Crippen molar-refractivity contribution >= 4 is 11.8 Å². The number of amides is 1. The smallest absolute Gasteiger partial charge is 0.410 e. The number of carbonyl (C=O) groups excluding carboxylic acids is 1. The molecule has 0 radical (unpaired) electrons. The number of nitrogens with zero attached hydrogens (tertiary/aromatic N) is 1. The highest BCUT2D eigenvalue weighted by atomic mass is 16.6. The first-order valence-electron chi connectivity index (χ1n) is 3.93. The molecule has 1 aliphatic heterocycles. The van der Waals surface area contributed by atoms with Crippen molar-refractivity contribution in [2.75, 3.05) is 13.1 Å². The second-order valence-corrected chi connectivity index (χ2v) is 3.94. The van der Waals surface area contributed by atoms with Gasteiger partial charge in [0.1, 0.15) is 5.60 Å². The molecule has 0 atom stereocenters. The van der Waals surface area contributed by atoms with Crippen molar-refractivity contribution in [3.05, 3.63) is 0 Å². The molecule has 1 heterocycles. The molecule has 0 aromatic rings. The van der Waals surface area contributed by atoms with Gasteiger partial charge >= 0.3 is 6.09 Å². The van der Waals surface area contributed by atoms with E-state index in [4.69, 9.17) is 10.1 Å². The van der Waals surface area contributed by atoms with Crippen LogP contribution in [-0.4, -0.2) is 35.4 Å². The molecule has 0 aromatic carbocycles. The van der Waals surface area contributed by atoms with Gasteiger partial charge in [0.15, 0.2) is 0 Å². The van der Waals surface area contributed by atoms with Crippen molar-refractivity contribution in [2.45, 2.75) is 26.4 Å². The van der Waals surface area contributed by atoms with Gasteiger partial charge in [-0.15, -0.1) is 0 Å². The monoisotopic (exact) mass is 170 g/mol. The van der Waals surface area contributed by atoms with Gasteiger partial charge < -0.3 is 10.1 Å². The number of carbonyl (C=O) groups is 1. The van der Waals surface area contributed by atoms with Gasteiger partial charge in [-0.1, -0.05) is 0 Å². The van der Waals surface area contributed by atoms with Gasteiger partial charge in [0.2, 0.25) is 0 Å². The van der Waals surface area contributed by atoms with E-state index in [9.17, 15) is 4.79 Å². The van der Waals surface area contributed by atoms with Crippen LogP contribution in [0.2, 0.25) is 0 Å². The van der Waals surface area contributed by atoms with Crippen LogP contribution in [0.1, 0.15) is 20.8 Å². The van der Waals surface area contributed by atoms with Crippen LogP contribution in [0.5, 0.6) is 0 Å². The predicted molar refractivity (Wildman–Crippen MR) is 45.5 cm³/mol. The summed E-state index contributed by atoms with van der Waals surface area (Å²) in [4.78, 5) is 12.7. The van der Waals surface area contributed by atoms with Gasteiger partial charge in [-0.25, -0.2) is 4.79 Å². The summed E-state index contributed by atoms with van der Waals surface area (Å²) < 4.78 is 5.08. The van der Waals surface area contributed by atoms with Crippen LogP contribution in [0.25, 0.3) is 0 Å². The zero-order valence-electron chi connectivity index (χ0n) is 7.68. The van der Waals surface area contributed by atoms with Crippen molar-refractivity contribution in [3.8, 4) is 0 Å². The summed E-state index contributed by atoms with van der Waals surface area (Å²) in [6, 6.07) is 0. The highest BCUT2D eigenvalue weighted by Gasteiger charge is 2.29. The molecule has 1 amide bonds. The lowest BCUT2D eigenvalue weighted by molar-refractivity contribution is 0.0264. The number of hydrogen-bond acceptors (Lipinski definition) is 3. The Kier molecular flexibility index (Phi) is 2.08. The summed E-state index contributed by atoms with van der Waals surface area (Å²) in [5.41, 5.74) is 0.148. The Morgan fingerprint density at radius 3 is 2.33 bits per heavy atom. The second-order valence-electron chi connectivity index (χ2n) is 3.94. The van der Waals surface area contributed by atoms with Crippen LogP contribution in [0, 0.1) is 5.41 Å². The standard InChI is InChI=1S/C8H14N2O2/c1-8(2,3)12-7(11)10-4-6(9)5-10/h9H,4-5H2,1-3H3. The zero-order chi connectivity index (χ0) is 9.35. The summed E-state index contributed by atoms with van der Waals surface area (Å²) in [5.74, 6) is 0. The summed E-state index contributed by atoms with van der Waals surface area (Å²) >= 11 is 0. The fraction of sp³-hybridized carbons (Fsp3) is 0.750. The number of hydrogen-bond donors (Lipinski definition) is 1. The molecule has 1 N–H and O–H groups in total. The third-order valence-corrected chi connectivity index (χ3v) is 1.42. The molecule has 4 heteroatoms. The summed E-state index contributed by atoms with van der Waals surface area (Å²) in [6.07, 6.45) is -0.321. The highest BCUT2D eigenvalue weighted by Crippen LogP contribution is 2.12. The lowest BCUT2D eigenvalue weighted by atomic mass is 10.2. The van der Waals surface area contributed by atoms with Gasteiger partial charge in [0, 0.05) is 5.71 Å². The Balaban J connectivity index is 2.35. The van der Waals surface area contributed by atoms with Crippen molar-refractivity contribution in [1.29, 1.82) is 5.41 Å². The first kappa shape index (κ1) is 9.03. The molecule has 1 rings (SSSR count). The third kappa shape index (κ3) is 2.22. The Morgan fingerprint density at radius 2 is 2.00 bits per heavy atom. The maximum atomic E-state index is 11.2. The number of likely N-dealkylation sites (tertiary alicyclic amines) is 1. The van der Waals surface area contributed by atoms with Crippen molar-refractivity contribution < 1.29 is 9.53 Å². The Morgan fingerprint density at radius 1 is 1.50 bits per heavy atom. The maximum absolute atomic E-state index is 11.2. The number of nitrogens with one attached hydrogen (secondary N) is 1. The Hall–Kier alpha value is -1.06. The summed E-state index contributed by atoms with van der Waals surface area (Å²) in [6.45, 7) is 6.34. The molecule has 12 heavy (non-hydrogen) atoms. The molecule has 0 aromatic heterocycles. The van der Waals surface area contributed by atoms with Gasteiger partial charge in [-0.3, -0.25) is 4.90 Å². The number of rotatable bonds is 0. The van der Waals surface area contributed by atoms with E-state index in [0.29, 0.717) is 18.8 Å². The molecule has 0 spiro atoms. The van der Waals surface area contributed by atoms with E-state index in [1.807, 2.05) is 20.8 Å². The molecule has 1 aliphatic rings. The molecule has 1 fully saturated rings. The molecule has 0 aliphatic carbocycles. The average Bonchev–Trinajstić information content (AvgIpc) is 1.76. The minimum absolute atomic E-state index is 0.321. The molecule has 0 bridgehead atoms. The fourth-order valence-corrected chi connectivity index (χ4v) is 0.870. The molecule has 1 saturated heterocycles. The minimum Gasteiger partial charge on any atom is -0.444 e. The largest absolute Gasteiger partial charge is 0.444 e. The molecular weight excluding hydrogens is 156 g/mol. The van der Waals surface area contributed by atoms with Gasteiger partial charge in [-0.2, -0.15) is 0 Å². The Bertz CT molecular complexity index is 210. The van der Waals surface area contributed by atoms with E-state index in [0.717, 1.165) is 0 Å². The zero-order valence-corrected chi connectivity index (χ0v) is 7.68. The normalized spacial score (nSPS) is 17.2. The van der Waals surface area contributed by atoms with Gasteiger partial charge in [0.25, 0.3) is 0 Å². The van der Waals surface area contributed by atoms with Crippen LogP contribution in [0.4, 0.5) is 4.79 Å². The van der Waals surface area contributed by atoms with Gasteiger partial charge in [0.05, 0.1) is 13.1 Å². The van der Waals surface area contributed by atoms with Crippen LogP contribution in [0.3, 0.4) is 0 Å².